The van der Waals surface area contributed by atoms with Crippen molar-refractivity contribution in [1.29, 1.82) is 0 Å². The Morgan fingerprint density at radius 1 is 1.50 bits per heavy atom. The number of ether oxygens (including phenoxy) is 1. The highest BCUT2D eigenvalue weighted by Gasteiger charge is 2.30. The van der Waals surface area contributed by atoms with Crippen molar-refractivity contribution in [3.8, 4) is 0 Å². The number of carbonyl (C=O) groups is 1. The van der Waals surface area contributed by atoms with E-state index in [9.17, 15) is 9.90 Å². The third-order valence-electron chi connectivity index (χ3n) is 3.18. The third kappa shape index (κ3) is 4.10. The van der Waals surface area contributed by atoms with Crippen LogP contribution in [0.5, 0.6) is 0 Å². The number of carbonyl (C=O) groups excluding carboxylic acids is 1. The van der Waals surface area contributed by atoms with Crippen LogP contribution in [0.3, 0.4) is 0 Å². The van der Waals surface area contributed by atoms with Crippen molar-refractivity contribution in [3.63, 3.8) is 0 Å². The fourth-order valence-electron chi connectivity index (χ4n) is 1.92. The molecule has 0 saturated carbocycles. The zero-order chi connectivity index (χ0) is 12.0. The lowest BCUT2D eigenvalue weighted by atomic mass is 9.94. The Hall–Kier alpha value is -0.610. The SMILES string of the molecule is CCCC(C)C(=O)NCC1(O)CCOCC1. The van der Waals surface area contributed by atoms with Gasteiger partial charge in [0.05, 0.1) is 5.60 Å². The van der Waals surface area contributed by atoms with Crippen LogP contribution in [0.4, 0.5) is 0 Å². The first-order valence-electron chi connectivity index (χ1n) is 6.15. The first kappa shape index (κ1) is 13.5. The molecule has 0 radical (unpaired) electrons. The monoisotopic (exact) mass is 229 g/mol. The zero-order valence-corrected chi connectivity index (χ0v) is 10.3. The van der Waals surface area contributed by atoms with Crippen LogP contribution in [0.15, 0.2) is 0 Å². The van der Waals surface area contributed by atoms with E-state index in [1.54, 1.807) is 0 Å². The summed E-state index contributed by atoms with van der Waals surface area (Å²) in [6.07, 6.45) is 3.12. The Bertz CT molecular complexity index is 224. The molecule has 0 aromatic rings. The van der Waals surface area contributed by atoms with Crippen molar-refractivity contribution in [2.45, 2.75) is 45.1 Å². The lowest BCUT2D eigenvalue weighted by Gasteiger charge is -2.32. The van der Waals surface area contributed by atoms with Gasteiger partial charge in [0.1, 0.15) is 0 Å². The van der Waals surface area contributed by atoms with Gasteiger partial charge in [0.15, 0.2) is 0 Å². The van der Waals surface area contributed by atoms with Gasteiger partial charge in [0.2, 0.25) is 5.91 Å². The van der Waals surface area contributed by atoms with Gasteiger partial charge in [-0.3, -0.25) is 4.79 Å². The van der Waals surface area contributed by atoms with E-state index in [0.717, 1.165) is 12.8 Å². The van der Waals surface area contributed by atoms with Crippen molar-refractivity contribution < 1.29 is 14.6 Å². The molecule has 0 aromatic heterocycles. The van der Waals surface area contributed by atoms with Crippen molar-refractivity contribution in [1.82, 2.24) is 5.32 Å². The normalized spacial score (nSPS) is 21.4. The van der Waals surface area contributed by atoms with Gasteiger partial charge in [0, 0.05) is 38.5 Å². The van der Waals surface area contributed by atoms with Crippen LogP contribution >= 0.6 is 0 Å². The van der Waals surface area contributed by atoms with Gasteiger partial charge in [-0.25, -0.2) is 0 Å². The maximum atomic E-state index is 11.7. The first-order chi connectivity index (χ1) is 7.57. The van der Waals surface area contributed by atoms with E-state index in [2.05, 4.69) is 12.2 Å². The molecular formula is C12H23NO3. The molecular weight excluding hydrogens is 206 g/mol. The van der Waals surface area contributed by atoms with Crippen molar-refractivity contribution in [2.75, 3.05) is 19.8 Å². The van der Waals surface area contributed by atoms with Gasteiger partial charge in [-0.1, -0.05) is 20.3 Å². The Kier molecular flexibility index (Phi) is 5.22. The molecule has 1 saturated heterocycles. The van der Waals surface area contributed by atoms with Gasteiger partial charge in [-0.2, -0.15) is 0 Å². The molecule has 1 heterocycles. The maximum absolute atomic E-state index is 11.7. The molecule has 1 aliphatic heterocycles. The Morgan fingerprint density at radius 2 is 2.12 bits per heavy atom. The topological polar surface area (TPSA) is 58.6 Å². The molecule has 4 nitrogen and oxygen atoms in total. The predicted molar refractivity (Wildman–Crippen MR) is 62.1 cm³/mol. The first-order valence-corrected chi connectivity index (χ1v) is 6.15. The number of amides is 1. The van der Waals surface area contributed by atoms with Gasteiger partial charge in [0.25, 0.3) is 0 Å². The zero-order valence-electron chi connectivity index (χ0n) is 10.3. The predicted octanol–water partition coefficient (Wildman–Crippen LogP) is 1.08. The van der Waals surface area contributed by atoms with E-state index in [-0.39, 0.29) is 11.8 Å². The smallest absolute Gasteiger partial charge is 0.222 e. The standard InChI is InChI=1S/C12H23NO3/c1-3-4-10(2)11(14)13-9-12(15)5-7-16-8-6-12/h10,15H,3-9H2,1-2H3,(H,13,14). The summed E-state index contributed by atoms with van der Waals surface area (Å²) in [7, 11) is 0. The molecule has 94 valence electrons. The van der Waals surface area contributed by atoms with Gasteiger partial charge in [-0.05, 0) is 6.42 Å². The summed E-state index contributed by atoms with van der Waals surface area (Å²) in [5.74, 6) is 0.0789. The molecule has 1 aliphatic rings. The van der Waals surface area contributed by atoms with Crippen molar-refractivity contribution in [2.24, 2.45) is 5.92 Å². The van der Waals surface area contributed by atoms with Crippen molar-refractivity contribution >= 4 is 5.91 Å². The number of hydrogen-bond acceptors (Lipinski definition) is 3. The molecule has 1 amide bonds. The Balaban J connectivity index is 2.29. The molecule has 2 N–H and O–H groups in total. The van der Waals surface area contributed by atoms with E-state index in [1.165, 1.54) is 0 Å². The summed E-state index contributed by atoms with van der Waals surface area (Å²) in [4.78, 5) is 11.7. The fourth-order valence-corrected chi connectivity index (χ4v) is 1.92. The fraction of sp³-hybridized carbons (Fsp3) is 0.917. The quantitative estimate of drug-likeness (QED) is 0.741. The lowest BCUT2D eigenvalue weighted by molar-refractivity contribution is -0.127. The third-order valence-corrected chi connectivity index (χ3v) is 3.18. The van der Waals surface area contributed by atoms with Gasteiger partial charge < -0.3 is 15.2 Å². The molecule has 1 atom stereocenters. The molecule has 1 fully saturated rings. The van der Waals surface area contributed by atoms with E-state index in [0.29, 0.717) is 32.6 Å². The summed E-state index contributed by atoms with van der Waals surface area (Å²) in [5.41, 5.74) is -0.764. The average molecular weight is 229 g/mol. The van der Waals surface area contributed by atoms with Crippen LogP contribution in [0, 0.1) is 5.92 Å². The summed E-state index contributed by atoms with van der Waals surface area (Å²) < 4.78 is 5.19. The minimum absolute atomic E-state index is 0.0356. The summed E-state index contributed by atoms with van der Waals surface area (Å²) in [6, 6.07) is 0. The molecule has 1 rings (SSSR count). The molecule has 16 heavy (non-hydrogen) atoms. The minimum Gasteiger partial charge on any atom is -0.388 e. The molecule has 4 heteroatoms. The number of rotatable bonds is 5. The van der Waals surface area contributed by atoms with E-state index in [4.69, 9.17) is 4.74 Å². The van der Waals surface area contributed by atoms with Crippen LogP contribution in [-0.4, -0.2) is 36.4 Å². The highest BCUT2D eigenvalue weighted by molar-refractivity contribution is 5.78. The second kappa shape index (κ2) is 6.21. The van der Waals surface area contributed by atoms with Crippen LogP contribution < -0.4 is 5.32 Å². The van der Waals surface area contributed by atoms with E-state index >= 15 is 0 Å². The van der Waals surface area contributed by atoms with Crippen LogP contribution in [0.1, 0.15) is 39.5 Å². The minimum atomic E-state index is -0.764. The molecule has 0 aromatic carbocycles. The van der Waals surface area contributed by atoms with Crippen LogP contribution in [-0.2, 0) is 9.53 Å². The van der Waals surface area contributed by atoms with E-state index in [1.807, 2.05) is 6.92 Å². The second-order valence-corrected chi connectivity index (χ2v) is 4.74. The summed E-state index contributed by atoms with van der Waals surface area (Å²) in [6.45, 7) is 5.50. The van der Waals surface area contributed by atoms with Gasteiger partial charge >= 0.3 is 0 Å². The number of hydrogen-bond donors (Lipinski definition) is 2. The highest BCUT2D eigenvalue weighted by atomic mass is 16.5. The second-order valence-electron chi connectivity index (χ2n) is 4.74. The Labute approximate surface area is 97.4 Å². The average Bonchev–Trinajstić information content (AvgIpc) is 2.27. The number of nitrogens with one attached hydrogen (secondary N) is 1. The summed E-state index contributed by atoms with van der Waals surface area (Å²) in [5, 5.41) is 13.0. The number of aliphatic hydroxyl groups is 1. The lowest BCUT2D eigenvalue weighted by Crippen LogP contribution is -2.47. The van der Waals surface area contributed by atoms with Crippen molar-refractivity contribution in [3.05, 3.63) is 0 Å². The Morgan fingerprint density at radius 3 is 2.69 bits per heavy atom. The molecule has 0 spiro atoms. The largest absolute Gasteiger partial charge is 0.388 e. The van der Waals surface area contributed by atoms with Crippen LogP contribution in [0.25, 0.3) is 0 Å². The molecule has 0 bridgehead atoms. The molecule has 0 aliphatic carbocycles. The van der Waals surface area contributed by atoms with Gasteiger partial charge in [-0.15, -0.1) is 0 Å². The van der Waals surface area contributed by atoms with E-state index < -0.39 is 5.60 Å². The highest BCUT2D eigenvalue weighted by Crippen LogP contribution is 2.19. The van der Waals surface area contributed by atoms with Crippen LogP contribution in [0.2, 0.25) is 0 Å². The maximum Gasteiger partial charge on any atom is 0.222 e. The summed E-state index contributed by atoms with van der Waals surface area (Å²) >= 11 is 0. The molecule has 1 unspecified atom stereocenters.